The summed E-state index contributed by atoms with van der Waals surface area (Å²) in [6, 6.07) is 8.15. The van der Waals surface area contributed by atoms with Crippen LogP contribution in [-0.2, 0) is 5.75 Å². The van der Waals surface area contributed by atoms with Crippen molar-refractivity contribution < 1.29 is 8.91 Å². The second-order valence-corrected chi connectivity index (χ2v) is 7.71. The number of hydrogen-bond acceptors (Lipinski definition) is 7. The molecule has 0 saturated carbocycles. The minimum Gasteiger partial charge on any atom is -0.356 e. The molecule has 0 radical (unpaired) electrons. The van der Waals surface area contributed by atoms with E-state index in [1.54, 1.807) is 18.5 Å². The zero-order valence-electron chi connectivity index (χ0n) is 15.0. The monoisotopic (exact) mass is 385 g/mol. The van der Waals surface area contributed by atoms with Crippen molar-refractivity contribution in [1.82, 2.24) is 20.1 Å². The van der Waals surface area contributed by atoms with Crippen LogP contribution >= 0.6 is 11.8 Å². The van der Waals surface area contributed by atoms with Gasteiger partial charge in [0.1, 0.15) is 23.0 Å². The Morgan fingerprint density at radius 1 is 1.30 bits per heavy atom. The summed E-state index contributed by atoms with van der Waals surface area (Å²) in [6.07, 6.45) is 4.06. The smallest absolute Gasteiger partial charge is 0.237 e. The molecule has 8 heteroatoms. The van der Waals surface area contributed by atoms with Crippen molar-refractivity contribution in [2.24, 2.45) is 5.92 Å². The maximum absolute atomic E-state index is 13.3. The highest BCUT2D eigenvalue weighted by Gasteiger charge is 2.18. The fourth-order valence-corrected chi connectivity index (χ4v) is 3.87. The molecule has 140 valence electrons. The van der Waals surface area contributed by atoms with Crippen molar-refractivity contribution in [2.75, 3.05) is 18.0 Å². The molecule has 1 unspecified atom stereocenters. The van der Waals surface area contributed by atoms with Crippen LogP contribution in [-0.4, -0.2) is 33.2 Å². The molecule has 0 N–H and O–H groups in total. The lowest BCUT2D eigenvalue weighted by Crippen LogP contribution is -2.34. The molecule has 2 aromatic heterocycles. The first-order chi connectivity index (χ1) is 13.2. The summed E-state index contributed by atoms with van der Waals surface area (Å²) in [4.78, 5) is 15.4. The number of nitrogens with zero attached hydrogens (tertiary/aromatic N) is 5. The summed E-state index contributed by atoms with van der Waals surface area (Å²) in [5, 5.41) is 4.80. The van der Waals surface area contributed by atoms with Gasteiger partial charge in [0.25, 0.3) is 0 Å². The number of aromatic nitrogens is 4. The van der Waals surface area contributed by atoms with E-state index in [4.69, 9.17) is 4.52 Å². The number of benzene rings is 1. The first kappa shape index (κ1) is 17.9. The van der Waals surface area contributed by atoms with E-state index < -0.39 is 0 Å². The minimum atomic E-state index is -0.325. The first-order valence-corrected chi connectivity index (χ1v) is 9.94. The third kappa shape index (κ3) is 4.44. The van der Waals surface area contributed by atoms with Crippen LogP contribution < -0.4 is 4.90 Å². The lowest BCUT2D eigenvalue weighted by molar-refractivity contribution is 0.391. The van der Waals surface area contributed by atoms with E-state index in [0.717, 1.165) is 23.9 Å². The topological polar surface area (TPSA) is 67.9 Å². The summed E-state index contributed by atoms with van der Waals surface area (Å²) in [5.74, 6) is 2.68. The lowest BCUT2D eigenvalue weighted by atomic mass is 10.0. The van der Waals surface area contributed by atoms with E-state index in [2.05, 4.69) is 31.9 Å². The molecular weight excluding hydrogens is 365 g/mol. The van der Waals surface area contributed by atoms with Gasteiger partial charge in [-0.2, -0.15) is 4.98 Å². The average Bonchev–Trinajstić information content (AvgIpc) is 3.16. The largest absolute Gasteiger partial charge is 0.356 e. The lowest BCUT2D eigenvalue weighted by Gasteiger charge is -2.31. The van der Waals surface area contributed by atoms with E-state index in [1.165, 1.54) is 36.7 Å². The molecule has 3 aromatic rings. The molecule has 1 aliphatic heterocycles. The molecule has 6 nitrogen and oxygen atoms in total. The van der Waals surface area contributed by atoms with Crippen LogP contribution in [0.2, 0.25) is 0 Å². The van der Waals surface area contributed by atoms with Gasteiger partial charge in [0.2, 0.25) is 11.7 Å². The fraction of sp³-hybridized carbons (Fsp3) is 0.368. The van der Waals surface area contributed by atoms with Crippen LogP contribution in [0.1, 0.15) is 25.7 Å². The van der Waals surface area contributed by atoms with Crippen LogP contribution in [0, 0.1) is 11.7 Å². The van der Waals surface area contributed by atoms with Crippen molar-refractivity contribution in [3.8, 4) is 11.4 Å². The summed E-state index contributed by atoms with van der Waals surface area (Å²) in [5.41, 5.74) is 0.596. The molecule has 4 rings (SSSR count). The highest BCUT2D eigenvalue weighted by atomic mass is 32.2. The van der Waals surface area contributed by atoms with Crippen molar-refractivity contribution in [3.63, 3.8) is 0 Å². The molecule has 0 spiro atoms. The standard InChI is InChI=1S/C19H20FN5OS/c1-13-4-3-7-25(10-13)16-9-18(22-12-21-16)27-11-17-23-19(24-26-17)14-5-2-6-15(20)8-14/h2,5-6,8-9,12-13H,3-4,7,10-11H2,1H3. The molecule has 0 amide bonds. The molecule has 0 aliphatic carbocycles. The number of piperidine rings is 1. The molecular formula is C19H20FN5OS. The van der Waals surface area contributed by atoms with Gasteiger partial charge in [0, 0.05) is 24.7 Å². The average molecular weight is 385 g/mol. The van der Waals surface area contributed by atoms with E-state index in [9.17, 15) is 4.39 Å². The van der Waals surface area contributed by atoms with Crippen LogP contribution in [0.5, 0.6) is 0 Å². The second kappa shape index (κ2) is 8.04. The predicted molar refractivity (Wildman–Crippen MR) is 102 cm³/mol. The van der Waals surface area contributed by atoms with E-state index in [-0.39, 0.29) is 5.82 Å². The maximum Gasteiger partial charge on any atom is 0.237 e. The summed E-state index contributed by atoms with van der Waals surface area (Å²) in [6.45, 7) is 4.34. The SMILES string of the molecule is CC1CCCN(c2cc(SCc3nc(-c4cccc(F)c4)no3)ncn2)C1. The van der Waals surface area contributed by atoms with Crippen LogP contribution in [0.25, 0.3) is 11.4 Å². The number of rotatable bonds is 5. The van der Waals surface area contributed by atoms with Crippen molar-refractivity contribution in [2.45, 2.75) is 30.5 Å². The summed E-state index contributed by atoms with van der Waals surface area (Å²) < 4.78 is 18.6. The van der Waals surface area contributed by atoms with Gasteiger partial charge in [-0.15, -0.1) is 0 Å². The minimum absolute atomic E-state index is 0.325. The van der Waals surface area contributed by atoms with Gasteiger partial charge in [-0.25, -0.2) is 14.4 Å². The molecule has 1 fully saturated rings. The van der Waals surface area contributed by atoms with Crippen molar-refractivity contribution in [3.05, 3.63) is 48.4 Å². The second-order valence-electron chi connectivity index (χ2n) is 6.72. The van der Waals surface area contributed by atoms with Gasteiger partial charge < -0.3 is 9.42 Å². The number of thioether (sulfide) groups is 1. The first-order valence-electron chi connectivity index (χ1n) is 8.96. The Bertz CT molecular complexity index is 918. The highest BCUT2D eigenvalue weighted by Crippen LogP contribution is 2.26. The normalized spacial score (nSPS) is 17.3. The van der Waals surface area contributed by atoms with Crippen LogP contribution in [0.4, 0.5) is 10.2 Å². The van der Waals surface area contributed by atoms with Crippen molar-refractivity contribution >= 4 is 17.6 Å². The quantitative estimate of drug-likeness (QED) is 0.482. The Labute approximate surface area is 161 Å². The van der Waals surface area contributed by atoms with E-state index in [0.29, 0.717) is 28.9 Å². The Morgan fingerprint density at radius 3 is 3.07 bits per heavy atom. The van der Waals surface area contributed by atoms with Gasteiger partial charge in [-0.1, -0.05) is 36.0 Å². The molecule has 1 aromatic carbocycles. The van der Waals surface area contributed by atoms with Gasteiger partial charge in [-0.3, -0.25) is 0 Å². The molecule has 1 atom stereocenters. The predicted octanol–water partition coefficient (Wildman–Crippen LogP) is 4.19. The van der Waals surface area contributed by atoms with Gasteiger partial charge in [0.05, 0.1) is 5.75 Å². The maximum atomic E-state index is 13.3. The molecule has 27 heavy (non-hydrogen) atoms. The molecule has 3 heterocycles. The number of anilines is 1. The van der Waals surface area contributed by atoms with Gasteiger partial charge >= 0.3 is 0 Å². The van der Waals surface area contributed by atoms with E-state index >= 15 is 0 Å². The van der Waals surface area contributed by atoms with Gasteiger partial charge in [-0.05, 0) is 30.9 Å². The Hall–Kier alpha value is -2.48. The summed E-state index contributed by atoms with van der Waals surface area (Å²) in [7, 11) is 0. The van der Waals surface area contributed by atoms with E-state index in [1.807, 2.05) is 6.07 Å². The van der Waals surface area contributed by atoms with Crippen molar-refractivity contribution in [1.29, 1.82) is 0 Å². The zero-order valence-corrected chi connectivity index (χ0v) is 15.8. The van der Waals surface area contributed by atoms with Crippen LogP contribution in [0.3, 0.4) is 0 Å². The number of hydrogen-bond donors (Lipinski definition) is 0. The molecule has 1 aliphatic rings. The fourth-order valence-electron chi connectivity index (χ4n) is 3.17. The third-order valence-electron chi connectivity index (χ3n) is 4.50. The Morgan fingerprint density at radius 2 is 2.22 bits per heavy atom. The highest BCUT2D eigenvalue weighted by molar-refractivity contribution is 7.98. The number of halogens is 1. The third-order valence-corrected chi connectivity index (χ3v) is 5.41. The Kier molecular flexibility index (Phi) is 5.33. The zero-order chi connectivity index (χ0) is 18.6. The Balaban J connectivity index is 1.41. The molecule has 1 saturated heterocycles. The molecule has 0 bridgehead atoms. The van der Waals surface area contributed by atoms with Gasteiger partial charge in [0.15, 0.2) is 0 Å². The summed E-state index contributed by atoms with van der Waals surface area (Å²) >= 11 is 1.52. The van der Waals surface area contributed by atoms with Crippen LogP contribution in [0.15, 0.2) is 46.2 Å².